The number of carbonyl (C=O) groups is 1. The molecule has 1 fully saturated rings. The molecule has 1 aromatic heterocycles. The van der Waals surface area contributed by atoms with E-state index in [0.29, 0.717) is 11.9 Å². The number of rotatable bonds is 3. The lowest BCUT2D eigenvalue weighted by Gasteiger charge is -2.09. The number of nitrogens with zero attached hydrogens (tertiary/aromatic N) is 1. The van der Waals surface area contributed by atoms with E-state index >= 15 is 0 Å². The van der Waals surface area contributed by atoms with Crippen LogP contribution in [0.2, 0.25) is 0 Å². The summed E-state index contributed by atoms with van der Waals surface area (Å²) in [5.74, 6) is -0.302. The molecular formula is C15H15NO4S. The minimum absolute atomic E-state index is 0.0608. The molecule has 0 aliphatic carbocycles. The standard InChI is InChI=1S/C15H15NO4S/c17-13(8-10-5-7-21(19,20)9-10)12-4-3-11-2-1-6-16-14(11)15(12)18/h1-4,6,10,18H,5,7-9H2. The van der Waals surface area contributed by atoms with E-state index in [4.69, 9.17) is 0 Å². The van der Waals surface area contributed by atoms with Crippen molar-refractivity contribution in [1.82, 2.24) is 4.98 Å². The first kappa shape index (κ1) is 14.0. The van der Waals surface area contributed by atoms with Crippen molar-refractivity contribution in [3.63, 3.8) is 0 Å². The van der Waals surface area contributed by atoms with Gasteiger partial charge in [0.05, 0.1) is 17.1 Å². The smallest absolute Gasteiger partial charge is 0.166 e. The number of benzene rings is 1. The summed E-state index contributed by atoms with van der Waals surface area (Å²) < 4.78 is 22.9. The first-order chi connectivity index (χ1) is 9.96. The highest BCUT2D eigenvalue weighted by molar-refractivity contribution is 7.91. The minimum atomic E-state index is -3.00. The third-order valence-electron chi connectivity index (χ3n) is 3.85. The normalized spacial score (nSPS) is 20.7. The molecule has 1 saturated heterocycles. The largest absolute Gasteiger partial charge is 0.505 e. The van der Waals surface area contributed by atoms with Crippen molar-refractivity contribution in [2.24, 2.45) is 5.92 Å². The average Bonchev–Trinajstić information content (AvgIpc) is 2.78. The zero-order valence-corrected chi connectivity index (χ0v) is 12.1. The van der Waals surface area contributed by atoms with Crippen LogP contribution < -0.4 is 0 Å². The maximum absolute atomic E-state index is 12.3. The lowest BCUT2D eigenvalue weighted by Crippen LogP contribution is -2.11. The molecule has 21 heavy (non-hydrogen) atoms. The fraction of sp³-hybridized carbons (Fsp3) is 0.333. The topological polar surface area (TPSA) is 84.3 Å². The summed E-state index contributed by atoms with van der Waals surface area (Å²) in [5, 5.41) is 11.0. The molecular weight excluding hydrogens is 290 g/mol. The van der Waals surface area contributed by atoms with Gasteiger partial charge in [-0.1, -0.05) is 12.1 Å². The number of phenolic OH excluding ortho intramolecular Hbond substituents is 1. The average molecular weight is 305 g/mol. The molecule has 6 heteroatoms. The Balaban J connectivity index is 1.87. The van der Waals surface area contributed by atoms with Crippen molar-refractivity contribution < 1.29 is 18.3 Å². The lowest BCUT2D eigenvalue weighted by molar-refractivity contribution is 0.0963. The van der Waals surface area contributed by atoms with Gasteiger partial charge in [-0.15, -0.1) is 0 Å². The SMILES string of the molecule is O=C(CC1CCS(=O)(=O)C1)c1ccc2cccnc2c1O. The molecule has 2 aromatic rings. The number of hydrogen-bond donors (Lipinski definition) is 1. The van der Waals surface area contributed by atoms with Crippen molar-refractivity contribution in [1.29, 1.82) is 0 Å². The molecule has 1 aliphatic rings. The first-order valence-corrected chi connectivity index (χ1v) is 8.59. The minimum Gasteiger partial charge on any atom is -0.505 e. The van der Waals surface area contributed by atoms with E-state index in [2.05, 4.69) is 4.98 Å². The summed E-state index contributed by atoms with van der Waals surface area (Å²) in [6, 6.07) is 6.87. The Bertz CT molecular complexity index is 814. The summed E-state index contributed by atoms with van der Waals surface area (Å²) in [4.78, 5) is 16.4. The number of aromatic hydroxyl groups is 1. The number of Topliss-reactive ketones (excluding diaryl/α,β-unsaturated/α-hetero) is 1. The number of pyridine rings is 1. The second-order valence-electron chi connectivity index (χ2n) is 5.43. The van der Waals surface area contributed by atoms with Crippen molar-refractivity contribution in [2.75, 3.05) is 11.5 Å². The Hall–Kier alpha value is -1.95. The fourth-order valence-electron chi connectivity index (χ4n) is 2.76. The third kappa shape index (κ3) is 2.76. The Morgan fingerprint density at radius 1 is 1.33 bits per heavy atom. The molecule has 5 nitrogen and oxygen atoms in total. The molecule has 2 heterocycles. The Morgan fingerprint density at radius 3 is 2.86 bits per heavy atom. The quantitative estimate of drug-likeness (QED) is 0.876. The van der Waals surface area contributed by atoms with Crippen LogP contribution in [0.4, 0.5) is 0 Å². The third-order valence-corrected chi connectivity index (χ3v) is 5.69. The van der Waals surface area contributed by atoms with Gasteiger partial charge in [-0.3, -0.25) is 9.78 Å². The van der Waals surface area contributed by atoms with Gasteiger partial charge >= 0.3 is 0 Å². The number of carbonyl (C=O) groups excluding carboxylic acids is 1. The van der Waals surface area contributed by atoms with Gasteiger partial charge in [-0.2, -0.15) is 0 Å². The maximum Gasteiger partial charge on any atom is 0.166 e. The van der Waals surface area contributed by atoms with Gasteiger partial charge in [0.1, 0.15) is 5.52 Å². The number of hydrogen-bond acceptors (Lipinski definition) is 5. The fourth-order valence-corrected chi connectivity index (χ4v) is 4.62. The monoisotopic (exact) mass is 305 g/mol. The highest BCUT2D eigenvalue weighted by atomic mass is 32.2. The summed E-state index contributed by atoms with van der Waals surface area (Å²) >= 11 is 0. The van der Waals surface area contributed by atoms with E-state index in [9.17, 15) is 18.3 Å². The predicted octanol–water partition coefficient (Wildman–Crippen LogP) is 1.95. The highest BCUT2D eigenvalue weighted by Crippen LogP contribution is 2.30. The Morgan fingerprint density at radius 2 is 2.14 bits per heavy atom. The molecule has 3 rings (SSSR count). The van der Waals surface area contributed by atoms with Gasteiger partial charge < -0.3 is 5.11 Å². The number of phenols is 1. The summed E-state index contributed by atoms with van der Waals surface area (Å²) in [6.45, 7) is 0. The van der Waals surface area contributed by atoms with E-state index in [0.717, 1.165) is 5.39 Å². The van der Waals surface area contributed by atoms with Crippen LogP contribution in [0.1, 0.15) is 23.2 Å². The molecule has 0 radical (unpaired) electrons. The number of aromatic nitrogens is 1. The van der Waals surface area contributed by atoms with Crippen LogP contribution in [0.25, 0.3) is 10.9 Å². The maximum atomic E-state index is 12.3. The molecule has 1 aromatic carbocycles. The van der Waals surface area contributed by atoms with Crippen molar-refractivity contribution >= 4 is 26.5 Å². The van der Waals surface area contributed by atoms with Crippen LogP contribution in [0.3, 0.4) is 0 Å². The zero-order valence-electron chi connectivity index (χ0n) is 11.3. The Kier molecular flexibility index (Phi) is 3.41. The van der Waals surface area contributed by atoms with E-state index in [1.165, 1.54) is 0 Å². The van der Waals surface area contributed by atoms with Crippen molar-refractivity contribution in [3.8, 4) is 5.75 Å². The lowest BCUT2D eigenvalue weighted by atomic mass is 9.96. The number of ketones is 1. The molecule has 0 bridgehead atoms. The highest BCUT2D eigenvalue weighted by Gasteiger charge is 2.30. The van der Waals surface area contributed by atoms with Crippen LogP contribution in [0.5, 0.6) is 5.75 Å². The predicted molar refractivity (Wildman–Crippen MR) is 79.1 cm³/mol. The van der Waals surface area contributed by atoms with E-state index in [1.807, 2.05) is 0 Å². The van der Waals surface area contributed by atoms with Crippen LogP contribution in [-0.4, -0.2) is 35.8 Å². The summed E-state index contributed by atoms with van der Waals surface area (Å²) in [7, 11) is -3.00. The molecule has 1 atom stereocenters. The first-order valence-electron chi connectivity index (χ1n) is 6.76. The van der Waals surface area contributed by atoms with E-state index in [1.54, 1.807) is 30.5 Å². The van der Waals surface area contributed by atoms with Gasteiger partial charge in [-0.25, -0.2) is 8.42 Å². The second kappa shape index (κ2) is 5.11. The van der Waals surface area contributed by atoms with Crippen molar-refractivity contribution in [3.05, 3.63) is 36.0 Å². The molecule has 0 saturated carbocycles. The van der Waals surface area contributed by atoms with Gasteiger partial charge in [0.15, 0.2) is 21.4 Å². The second-order valence-corrected chi connectivity index (χ2v) is 7.66. The molecule has 110 valence electrons. The molecule has 0 spiro atoms. The summed E-state index contributed by atoms with van der Waals surface area (Å²) in [6.07, 6.45) is 2.21. The van der Waals surface area contributed by atoms with Gasteiger partial charge in [-0.05, 0) is 24.5 Å². The Labute approximate surface area is 122 Å². The number of fused-ring (bicyclic) bond motifs is 1. The molecule has 1 unspecified atom stereocenters. The zero-order chi connectivity index (χ0) is 15.0. The van der Waals surface area contributed by atoms with Crippen LogP contribution in [-0.2, 0) is 9.84 Å². The molecule has 1 N–H and O–H groups in total. The number of sulfone groups is 1. The van der Waals surface area contributed by atoms with Gasteiger partial charge in [0.25, 0.3) is 0 Å². The van der Waals surface area contributed by atoms with Crippen molar-refractivity contribution in [2.45, 2.75) is 12.8 Å². The van der Waals surface area contributed by atoms with E-state index < -0.39 is 9.84 Å². The van der Waals surface area contributed by atoms with Gasteiger partial charge in [0, 0.05) is 18.0 Å². The molecule has 0 amide bonds. The van der Waals surface area contributed by atoms with E-state index in [-0.39, 0.29) is 40.9 Å². The van der Waals surface area contributed by atoms with Gasteiger partial charge in [0.2, 0.25) is 0 Å². The van der Waals surface area contributed by atoms with Crippen LogP contribution in [0, 0.1) is 5.92 Å². The molecule has 1 aliphatic heterocycles. The summed E-state index contributed by atoms with van der Waals surface area (Å²) in [5.41, 5.74) is 0.605. The van der Waals surface area contributed by atoms with Crippen LogP contribution >= 0.6 is 0 Å². The van der Waals surface area contributed by atoms with Crippen LogP contribution in [0.15, 0.2) is 30.5 Å².